The predicted molar refractivity (Wildman–Crippen MR) is 186 cm³/mol. The normalized spacial score (nSPS) is 26.4. The largest absolute Gasteiger partial charge is 0.346 e. The number of carbonyl (C=O) groups is 5. The Morgan fingerprint density at radius 2 is 1.61 bits per heavy atom. The van der Waals surface area contributed by atoms with Crippen molar-refractivity contribution in [1.29, 1.82) is 0 Å². The van der Waals surface area contributed by atoms with E-state index in [9.17, 15) is 32.4 Å². The maximum atomic E-state index is 14.4. The zero-order valence-corrected chi connectivity index (χ0v) is 31.4. The summed E-state index contributed by atoms with van der Waals surface area (Å²) < 4.78 is 26.9. The summed E-state index contributed by atoms with van der Waals surface area (Å²) in [5.41, 5.74) is -1.45. The number of hydrogen-bond acceptors (Lipinski definition) is 7. The lowest BCUT2D eigenvalue weighted by Gasteiger charge is -2.39. The number of ketones is 1. The number of sulfonamides is 1. The molecule has 4 fully saturated rings. The van der Waals surface area contributed by atoms with Crippen molar-refractivity contribution in [2.75, 3.05) is 31.9 Å². The molecule has 6 atom stereocenters. The number of nitrogens with one attached hydrogen (secondary N) is 4. The quantitative estimate of drug-likeness (QED) is 0.168. The standard InChI is InChI=1S/C35H58N6O7S/c1-10-15-36-30(44)27(42)23(18-21-13-14-21)37-29(43)26-25-22(35(25,8)9)19-41(26)31(45)28(34(5,6)7)39-32(46)38-24(33(2,3)4)20-40-16-11-12-17-49(40,47)48/h10,21-26,28H,1,11-20H2,2-9H3,(H,36,44)(H,37,43)(H2,38,39,46)/t22-,23?,24+,25-,26-,28+/m0/s1. The molecule has 5 amide bonds. The highest BCUT2D eigenvalue weighted by Gasteiger charge is 2.70. The van der Waals surface area contributed by atoms with Gasteiger partial charge in [-0.2, -0.15) is 4.31 Å². The maximum Gasteiger partial charge on any atom is 0.315 e. The van der Waals surface area contributed by atoms with Gasteiger partial charge in [-0.05, 0) is 53.3 Å². The van der Waals surface area contributed by atoms with Crippen molar-refractivity contribution >= 4 is 39.6 Å². The van der Waals surface area contributed by atoms with E-state index in [1.807, 2.05) is 41.5 Å². The van der Waals surface area contributed by atoms with Crippen LogP contribution in [0.1, 0.15) is 87.5 Å². The van der Waals surface area contributed by atoms with Gasteiger partial charge in [-0.25, -0.2) is 13.2 Å². The number of urea groups is 1. The van der Waals surface area contributed by atoms with Gasteiger partial charge in [0.15, 0.2) is 0 Å². The second kappa shape index (κ2) is 14.3. The molecule has 2 heterocycles. The van der Waals surface area contributed by atoms with Gasteiger partial charge in [-0.15, -0.1) is 6.58 Å². The number of piperidine rings is 1. The minimum atomic E-state index is -3.42. The summed E-state index contributed by atoms with van der Waals surface area (Å²) in [5, 5.41) is 11.2. The van der Waals surface area contributed by atoms with E-state index in [4.69, 9.17) is 0 Å². The molecule has 13 nitrogen and oxygen atoms in total. The molecule has 0 aromatic carbocycles. The van der Waals surface area contributed by atoms with Crippen LogP contribution in [0, 0.1) is 34.0 Å². The molecule has 0 aromatic rings. The number of fused-ring (bicyclic) bond motifs is 1. The van der Waals surface area contributed by atoms with Crippen LogP contribution in [0.4, 0.5) is 4.79 Å². The Bertz CT molecular complexity index is 1430. The molecular formula is C35H58N6O7S. The van der Waals surface area contributed by atoms with Crippen LogP contribution in [0.5, 0.6) is 0 Å². The topological polar surface area (TPSA) is 174 Å². The molecule has 0 spiro atoms. The lowest BCUT2D eigenvalue weighted by Crippen LogP contribution is -2.63. The van der Waals surface area contributed by atoms with Crippen molar-refractivity contribution in [3.8, 4) is 0 Å². The molecule has 0 bridgehead atoms. The molecule has 2 saturated carbocycles. The Morgan fingerprint density at radius 1 is 0.959 bits per heavy atom. The van der Waals surface area contributed by atoms with Gasteiger partial charge in [0.2, 0.25) is 27.6 Å². The summed E-state index contributed by atoms with van der Waals surface area (Å²) in [7, 11) is -3.42. The first-order chi connectivity index (χ1) is 22.6. The highest BCUT2D eigenvalue weighted by atomic mass is 32.2. The molecular weight excluding hydrogens is 648 g/mol. The zero-order chi connectivity index (χ0) is 36.7. The minimum absolute atomic E-state index is 0.0619. The third-order valence-corrected chi connectivity index (χ3v) is 12.8. The van der Waals surface area contributed by atoms with Gasteiger partial charge in [-0.3, -0.25) is 19.2 Å². The fraction of sp³-hybridized carbons (Fsp3) is 0.800. The highest BCUT2D eigenvalue weighted by molar-refractivity contribution is 7.89. The molecule has 4 aliphatic rings. The van der Waals surface area contributed by atoms with Crippen molar-refractivity contribution < 1.29 is 32.4 Å². The van der Waals surface area contributed by atoms with Gasteiger partial charge < -0.3 is 26.2 Å². The zero-order valence-electron chi connectivity index (χ0n) is 30.6. The van der Waals surface area contributed by atoms with Crippen molar-refractivity contribution in [2.45, 2.75) is 112 Å². The van der Waals surface area contributed by atoms with Crippen LogP contribution >= 0.6 is 0 Å². The average molecular weight is 707 g/mol. The van der Waals surface area contributed by atoms with E-state index in [1.54, 1.807) is 0 Å². The minimum Gasteiger partial charge on any atom is -0.346 e. The fourth-order valence-corrected chi connectivity index (χ4v) is 8.94. The van der Waals surface area contributed by atoms with E-state index in [-0.39, 0.29) is 42.0 Å². The number of amides is 5. The molecule has 4 N–H and O–H groups in total. The average Bonchev–Trinajstić information content (AvgIpc) is 3.84. The Morgan fingerprint density at radius 3 is 2.16 bits per heavy atom. The molecule has 1 unspecified atom stereocenters. The number of hydrogen-bond donors (Lipinski definition) is 4. The third kappa shape index (κ3) is 9.03. The van der Waals surface area contributed by atoms with Crippen LogP contribution in [0.2, 0.25) is 0 Å². The van der Waals surface area contributed by atoms with Gasteiger partial charge in [0.25, 0.3) is 5.91 Å². The molecule has 14 heteroatoms. The highest BCUT2D eigenvalue weighted by Crippen LogP contribution is 2.65. The molecule has 0 radical (unpaired) electrons. The Balaban J connectivity index is 1.52. The number of nitrogens with zero attached hydrogens (tertiary/aromatic N) is 2. The van der Waals surface area contributed by atoms with E-state index in [2.05, 4.69) is 41.7 Å². The van der Waals surface area contributed by atoms with Crippen molar-refractivity contribution in [2.24, 2.45) is 34.0 Å². The fourth-order valence-electron chi connectivity index (χ4n) is 7.33. The number of likely N-dealkylation sites (tertiary alicyclic amines) is 1. The third-order valence-electron chi connectivity index (χ3n) is 10.9. The van der Waals surface area contributed by atoms with E-state index in [0.717, 1.165) is 19.3 Å². The van der Waals surface area contributed by atoms with Crippen LogP contribution in [-0.2, 0) is 29.2 Å². The van der Waals surface area contributed by atoms with E-state index in [1.165, 1.54) is 15.3 Å². The molecule has 0 aromatic heterocycles. The van der Waals surface area contributed by atoms with Crippen molar-refractivity contribution in [3.05, 3.63) is 12.7 Å². The van der Waals surface area contributed by atoms with Crippen LogP contribution in [0.25, 0.3) is 0 Å². The molecule has 2 aliphatic heterocycles. The summed E-state index contributed by atoms with van der Waals surface area (Å²) in [5.74, 6) is -2.16. The second-order valence-corrected chi connectivity index (χ2v) is 19.3. The summed E-state index contributed by atoms with van der Waals surface area (Å²) in [4.78, 5) is 69.4. The summed E-state index contributed by atoms with van der Waals surface area (Å²) in [6, 6.07) is -4.05. The Hall–Kier alpha value is -3.00. The van der Waals surface area contributed by atoms with Crippen LogP contribution < -0.4 is 21.3 Å². The lowest BCUT2D eigenvalue weighted by atomic mass is 9.85. The lowest BCUT2D eigenvalue weighted by molar-refractivity contribution is -0.145. The van der Waals surface area contributed by atoms with Crippen molar-refractivity contribution in [1.82, 2.24) is 30.5 Å². The predicted octanol–water partition coefficient (Wildman–Crippen LogP) is 2.18. The van der Waals surface area contributed by atoms with Crippen LogP contribution in [-0.4, -0.2) is 103 Å². The first-order valence-corrected chi connectivity index (χ1v) is 19.3. The number of carbonyl (C=O) groups excluding carboxylic acids is 5. The SMILES string of the molecule is C=CCNC(=O)C(=O)C(CC1CC1)NC(=O)[C@@H]1[C@@H]2[C@H](CN1C(=O)[C@@H](NC(=O)N[C@H](CN1CCCCS1(=O)=O)C(C)(C)C)C(C)(C)C)C2(C)C. The van der Waals surface area contributed by atoms with Gasteiger partial charge in [0.05, 0.1) is 11.8 Å². The number of rotatable bonds is 13. The first-order valence-electron chi connectivity index (χ1n) is 17.7. The van der Waals surface area contributed by atoms with Crippen LogP contribution in [0.15, 0.2) is 12.7 Å². The monoisotopic (exact) mass is 706 g/mol. The summed E-state index contributed by atoms with van der Waals surface area (Å²) in [6.45, 7) is 19.9. The van der Waals surface area contributed by atoms with Crippen LogP contribution in [0.3, 0.4) is 0 Å². The van der Waals surface area contributed by atoms with E-state index in [0.29, 0.717) is 25.9 Å². The maximum absolute atomic E-state index is 14.4. The summed E-state index contributed by atoms with van der Waals surface area (Å²) in [6.07, 6.45) is 5.03. The van der Waals surface area contributed by atoms with E-state index < -0.39 is 74.6 Å². The molecule has 49 heavy (non-hydrogen) atoms. The molecule has 276 valence electrons. The van der Waals surface area contributed by atoms with Gasteiger partial charge in [0.1, 0.15) is 12.1 Å². The Labute approximate surface area is 292 Å². The van der Waals surface area contributed by atoms with Gasteiger partial charge in [-0.1, -0.05) is 74.3 Å². The number of Topliss-reactive ketones (excluding diaryl/α,β-unsaturated/α-hetero) is 1. The second-order valence-electron chi connectivity index (χ2n) is 17.2. The summed E-state index contributed by atoms with van der Waals surface area (Å²) >= 11 is 0. The molecule has 4 rings (SSSR count). The van der Waals surface area contributed by atoms with Gasteiger partial charge >= 0.3 is 6.03 Å². The smallest absolute Gasteiger partial charge is 0.315 e. The van der Waals surface area contributed by atoms with E-state index >= 15 is 0 Å². The first kappa shape index (κ1) is 38.8. The van der Waals surface area contributed by atoms with Crippen molar-refractivity contribution in [3.63, 3.8) is 0 Å². The molecule has 2 aliphatic carbocycles. The van der Waals surface area contributed by atoms with Gasteiger partial charge in [0, 0.05) is 32.2 Å². The Kier molecular flexibility index (Phi) is 11.3. The molecule has 2 saturated heterocycles.